The van der Waals surface area contributed by atoms with E-state index in [1.807, 2.05) is 0 Å². The molecule has 1 aromatic rings. The summed E-state index contributed by atoms with van der Waals surface area (Å²) in [5, 5.41) is 0.510. The van der Waals surface area contributed by atoms with Crippen molar-refractivity contribution in [1.29, 1.82) is 0 Å². The Morgan fingerprint density at radius 1 is 1.32 bits per heavy atom. The van der Waals surface area contributed by atoms with E-state index in [4.69, 9.17) is 17.3 Å². The molecule has 1 atom stereocenters. The van der Waals surface area contributed by atoms with Crippen LogP contribution in [0.15, 0.2) is 29.2 Å². The van der Waals surface area contributed by atoms with Gasteiger partial charge in [-0.3, -0.25) is 0 Å². The molecule has 0 saturated heterocycles. The predicted molar refractivity (Wildman–Crippen MR) is 81.4 cm³/mol. The molecular weight excluding hydrogens is 307 g/mol. The first-order chi connectivity index (χ1) is 8.49. The second kappa shape index (κ2) is 8.76. The Morgan fingerprint density at radius 2 is 1.89 bits per heavy atom. The molecule has 7 heteroatoms. The van der Waals surface area contributed by atoms with Crippen molar-refractivity contribution in [2.45, 2.75) is 37.1 Å². The summed E-state index contributed by atoms with van der Waals surface area (Å²) in [4.78, 5) is 0.210. The van der Waals surface area contributed by atoms with Gasteiger partial charge in [-0.25, -0.2) is 13.1 Å². The average Bonchev–Trinajstić information content (AvgIpc) is 2.35. The van der Waals surface area contributed by atoms with E-state index in [0.717, 1.165) is 19.3 Å². The lowest BCUT2D eigenvalue weighted by Gasteiger charge is -2.16. The lowest BCUT2D eigenvalue weighted by molar-refractivity contribution is 0.516. The molecule has 110 valence electrons. The monoisotopic (exact) mass is 326 g/mol. The van der Waals surface area contributed by atoms with E-state index in [0.29, 0.717) is 11.6 Å². The normalized spacial score (nSPS) is 12.8. The smallest absolute Gasteiger partial charge is 0.240 e. The van der Waals surface area contributed by atoms with E-state index >= 15 is 0 Å². The number of unbranched alkanes of at least 4 members (excludes halogenated alkanes) is 1. The summed E-state index contributed by atoms with van der Waals surface area (Å²) in [5.74, 6) is 0. The number of nitrogens with one attached hydrogen (secondary N) is 1. The highest BCUT2D eigenvalue weighted by molar-refractivity contribution is 7.89. The van der Waals surface area contributed by atoms with Gasteiger partial charge < -0.3 is 5.73 Å². The van der Waals surface area contributed by atoms with Crippen LogP contribution in [0.5, 0.6) is 0 Å². The zero-order valence-corrected chi connectivity index (χ0v) is 13.2. The molecule has 0 amide bonds. The molecule has 0 spiro atoms. The summed E-state index contributed by atoms with van der Waals surface area (Å²) in [6.45, 7) is 2.36. The molecule has 0 aliphatic carbocycles. The summed E-state index contributed by atoms with van der Waals surface area (Å²) >= 11 is 5.73. The van der Waals surface area contributed by atoms with Crippen LogP contribution in [0.2, 0.25) is 5.02 Å². The molecule has 0 fully saturated rings. The maximum Gasteiger partial charge on any atom is 0.240 e. The summed E-state index contributed by atoms with van der Waals surface area (Å²) in [6, 6.07) is 5.86. The topological polar surface area (TPSA) is 72.2 Å². The molecule has 19 heavy (non-hydrogen) atoms. The Morgan fingerprint density at radius 3 is 2.37 bits per heavy atom. The maximum atomic E-state index is 12.1. The Bertz CT molecular complexity index is 463. The molecule has 0 aromatic heterocycles. The second-order valence-electron chi connectivity index (χ2n) is 4.15. The third kappa shape index (κ3) is 6.10. The molecule has 0 radical (unpaired) electrons. The van der Waals surface area contributed by atoms with Gasteiger partial charge >= 0.3 is 0 Å². The molecule has 1 aromatic carbocycles. The zero-order valence-electron chi connectivity index (χ0n) is 10.8. The summed E-state index contributed by atoms with van der Waals surface area (Å²) in [6.07, 6.45) is 2.71. The quantitative estimate of drug-likeness (QED) is 0.808. The third-order valence-corrected chi connectivity index (χ3v) is 4.42. The summed E-state index contributed by atoms with van der Waals surface area (Å²) in [5.41, 5.74) is 5.57. The van der Waals surface area contributed by atoms with Crippen LogP contribution in [0.3, 0.4) is 0 Å². The molecular formula is C12H20Cl2N2O2S. The molecule has 0 aliphatic heterocycles. The number of rotatable bonds is 7. The highest BCUT2D eigenvalue weighted by Crippen LogP contribution is 2.14. The van der Waals surface area contributed by atoms with Gasteiger partial charge in [0.2, 0.25) is 10.0 Å². The van der Waals surface area contributed by atoms with Gasteiger partial charge in [0.25, 0.3) is 0 Å². The van der Waals surface area contributed by atoms with E-state index in [2.05, 4.69) is 11.6 Å². The summed E-state index contributed by atoms with van der Waals surface area (Å²) in [7, 11) is -3.51. The molecule has 1 rings (SSSR count). The van der Waals surface area contributed by atoms with E-state index in [1.165, 1.54) is 12.1 Å². The minimum atomic E-state index is -3.51. The lowest BCUT2D eigenvalue weighted by atomic mass is 10.1. The molecule has 0 aliphatic rings. The average molecular weight is 327 g/mol. The van der Waals surface area contributed by atoms with E-state index in [9.17, 15) is 8.42 Å². The van der Waals surface area contributed by atoms with Crippen LogP contribution in [0, 0.1) is 0 Å². The minimum absolute atomic E-state index is 0. The van der Waals surface area contributed by atoms with Gasteiger partial charge in [-0.1, -0.05) is 31.4 Å². The number of nitrogens with two attached hydrogens (primary N) is 1. The van der Waals surface area contributed by atoms with Crippen LogP contribution in [-0.4, -0.2) is 21.0 Å². The third-order valence-electron chi connectivity index (χ3n) is 2.64. The highest BCUT2D eigenvalue weighted by atomic mass is 35.5. The Labute approximate surface area is 126 Å². The first kappa shape index (κ1) is 18.7. The molecule has 3 N–H and O–H groups in total. The maximum absolute atomic E-state index is 12.1. The van der Waals surface area contributed by atoms with Gasteiger partial charge in [-0.05, 0) is 30.7 Å². The standard InChI is InChI=1S/C12H19ClN2O2S.ClH/c1-2-3-4-11(9-14)15-18(16,17)12-7-5-10(13)6-8-12;/h5-8,11,15H,2-4,9,14H2,1H3;1H. The van der Waals surface area contributed by atoms with Gasteiger partial charge in [0.15, 0.2) is 0 Å². The molecule has 4 nitrogen and oxygen atoms in total. The van der Waals surface area contributed by atoms with Crippen molar-refractivity contribution in [3.05, 3.63) is 29.3 Å². The van der Waals surface area contributed by atoms with Crippen molar-refractivity contribution >= 4 is 34.0 Å². The molecule has 1 unspecified atom stereocenters. The van der Waals surface area contributed by atoms with Crippen LogP contribution in [0.4, 0.5) is 0 Å². The Hall–Kier alpha value is -0.330. The van der Waals surface area contributed by atoms with Gasteiger partial charge in [0.05, 0.1) is 4.90 Å². The number of hydrogen-bond acceptors (Lipinski definition) is 3. The fraction of sp³-hybridized carbons (Fsp3) is 0.500. The number of halogens is 2. The fourth-order valence-electron chi connectivity index (χ4n) is 1.58. The number of sulfonamides is 1. The predicted octanol–water partition coefficient (Wildman–Crippen LogP) is 2.56. The minimum Gasteiger partial charge on any atom is -0.329 e. The van der Waals surface area contributed by atoms with Crippen molar-refractivity contribution in [2.75, 3.05) is 6.54 Å². The largest absolute Gasteiger partial charge is 0.329 e. The molecule has 0 saturated carbocycles. The van der Waals surface area contributed by atoms with Crippen molar-refractivity contribution in [1.82, 2.24) is 4.72 Å². The Balaban J connectivity index is 0.00000324. The van der Waals surface area contributed by atoms with Crippen molar-refractivity contribution in [3.63, 3.8) is 0 Å². The van der Waals surface area contributed by atoms with E-state index < -0.39 is 10.0 Å². The Kier molecular flexibility index (Phi) is 8.61. The summed E-state index contributed by atoms with van der Waals surface area (Å²) < 4.78 is 26.8. The van der Waals surface area contributed by atoms with Crippen molar-refractivity contribution in [3.8, 4) is 0 Å². The van der Waals surface area contributed by atoms with Crippen LogP contribution in [0.25, 0.3) is 0 Å². The van der Waals surface area contributed by atoms with Gasteiger partial charge in [-0.15, -0.1) is 12.4 Å². The van der Waals surface area contributed by atoms with Crippen LogP contribution in [0.1, 0.15) is 26.2 Å². The fourth-order valence-corrected chi connectivity index (χ4v) is 2.99. The second-order valence-corrected chi connectivity index (χ2v) is 6.30. The lowest BCUT2D eigenvalue weighted by Crippen LogP contribution is -2.40. The van der Waals surface area contributed by atoms with E-state index in [-0.39, 0.29) is 23.3 Å². The van der Waals surface area contributed by atoms with Gasteiger partial charge in [0.1, 0.15) is 0 Å². The van der Waals surface area contributed by atoms with Crippen molar-refractivity contribution < 1.29 is 8.42 Å². The van der Waals surface area contributed by atoms with Crippen LogP contribution >= 0.6 is 24.0 Å². The number of hydrogen-bond donors (Lipinski definition) is 2. The van der Waals surface area contributed by atoms with Gasteiger partial charge in [-0.2, -0.15) is 0 Å². The number of benzene rings is 1. The van der Waals surface area contributed by atoms with E-state index in [1.54, 1.807) is 12.1 Å². The van der Waals surface area contributed by atoms with Crippen molar-refractivity contribution in [2.24, 2.45) is 5.73 Å². The molecule has 0 heterocycles. The molecule has 0 bridgehead atoms. The zero-order chi connectivity index (χ0) is 13.6. The first-order valence-electron chi connectivity index (χ1n) is 5.97. The SMILES string of the molecule is CCCCC(CN)NS(=O)(=O)c1ccc(Cl)cc1.Cl. The van der Waals surface area contributed by atoms with Crippen LogP contribution < -0.4 is 10.5 Å². The van der Waals surface area contributed by atoms with Crippen LogP contribution in [-0.2, 0) is 10.0 Å². The van der Waals surface area contributed by atoms with Gasteiger partial charge in [0, 0.05) is 17.6 Å². The first-order valence-corrected chi connectivity index (χ1v) is 7.83. The highest BCUT2D eigenvalue weighted by Gasteiger charge is 2.18.